The number of hydrogen-bond donors (Lipinski definition) is 1. The predicted molar refractivity (Wildman–Crippen MR) is 106 cm³/mol. The Kier molecular flexibility index (Phi) is 6.56. The van der Waals surface area contributed by atoms with Crippen molar-refractivity contribution >= 4 is 21.6 Å². The molecule has 0 saturated heterocycles. The summed E-state index contributed by atoms with van der Waals surface area (Å²) in [6.07, 6.45) is 1.13. The van der Waals surface area contributed by atoms with E-state index in [1.807, 2.05) is 68.4 Å². The number of benzene rings is 2. The molecule has 0 fully saturated rings. The molecule has 5 nitrogen and oxygen atoms in total. The summed E-state index contributed by atoms with van der Waals surface area (Å²) in [4.78, 5) is 12.6. The molecule has 0 saturated carbocycles. The van der Waals surface area contributed by atoms with Crippen LogP contribution in [0, 0.1) is 0 Å². The molecule has 6 heteroatoms. The van der Waals surface area contributed by atoms with Crippen molar-refractivity contribution in [1.29, 1.82) is 0 Å². The summed E-state index contributed by atoms with van der Waals surface area (Å²) in [7, 11) is -3.55. The van der Waals surface area contributed by atoms with Crippen molar-refractivity contribution in [1.82, 2.24) is 4.31 Å². The highest BCUT2D eigenvalue weighted by atomic mass is 32.2. The van der Waals surface area contributed by atoms with Crippen LogP contribution in [0.4, 0.5) is 5.69 Å². The van der Waals surface area contributed by atoms with Gasteiger partial charge in [0.2, 0.25) is 15.9 Å². The first-order valence-corrected chi connectivity index (χ1v) is 10.5. The van der Waals surface area contributed by atoms with Gasteiger partial charge in [-0.05, 0) is 30.0 Å². The largest absolute Gasteiger partial charge is 0.325 e. The molecule has 2 aromatic carbocycles. The molecule has 1 N–H and O–H groups in total. The van der Waals surface area contributed by atoms with Gasteiger partial charge in [-0.25, -0.2) is 8.42 Å². The maximum atomic E-state index is 12.6. The third-order valence-corrected chi connectivity index (χ3v) is 5.59. The smallest absolute Gasteiger partial charge is 0.239 e. The van der Waals surface area contributed by atoms with Gasteiger partial charge in [-0.1, -0.05) is 62.4 Å². The van der Waals surface area contributed by atoms with Crippen LogP contribution in [0.5, 0.6) is 0 Å². The molecular formula is C20H26N2O3S. The number of rotatable bonds is 7. The number of para-hydroxylation sites is 1. The highest BCUT2D eigenvalue weighted by molar-refractivity contribution is 7.88. The van der Waals surface area contributed by atoms with Crippen LogP contribution in [0.3, 0.4) is 0 Å². The summed E-state index contributed by atoms with van der Waals surface area (Å²) in [5.41, 5.74) is 2.57. The van der Waals surface area contributed by atoms with E-state index in [4.69, 9.17) is 0 Å². The standard InChI is InChI=1S/C20H26N2O3S/c1-15(2)18-12-8-9-13-19(18)21-20(23)14-22(26(4,24)25)16(3)17-10-6-5-7-11-17/h5-13,15-16H,14H2,1-4H3,(H,21,23). The van der Waals surface area contributed by atoms with Gasteiger partial charge in [0.25, 0.3) is 0 Å². The zero-order valence-corrected chi connectivity index (χ0v) is 16.5. The second-order valence-corrected chi connectivity index (χ2v) is 8.62. The van der Waals surface area contributed by atoms with Crippen LogP contribution in [0.15, 0.2) is 54.6 Å². The maximum absolute atomic E-state index is 12.6. The van der Waals surface area contributed by atoms with Crippen molar-refractivity contribution in [2.24, 2.45) is 0 Å². The maximum Gasteiger partial charge on any atom is 0.239 e. The Labute approximate surface area is 156 Å². The molecule has 0 radical (unpaired) electrons. The van der Waals surface area contributed by atoms with E-state index in [0.29, 0.717) is 5.69 Å². The van der Waals surface area contributed by atoms with E-state index < -0.39 is 16.1 Å². The molecule has 0 aromatic heterocycles. The average molecular weight is 375 g/mol. The van der Waals surface area contributed by atoms with Gasteiger partial charge in [-0.2, -0.15) is 4.31 Å². The number of carbonyl (C=O) groups excluding carboxylic acids is 1. The van der Waals surface area contributed by atoms with Crippen LogP contribution in [0.2, 0.25) is 0 Å². The number of anilines is 1. The van der Waals surface area contributed by atoms with E-state index in [0.717, 1.165) is 17.4 Å². The first-order valence-electron chi connectivity index (χ1n) is 8.60. The van der Waals surface area contributed by atoms with Crippen molar-refractivity contribution < 1.29 is 13.2 Å². The van der Waals surface area contributed by atoms with Gasteiger partial charge in [-0.15, -0.1) is 0 Å². The summed E-state index contributed by atoms with van der Waals surface area (Å²) in [5, 5.41) is 2.86. The second kappa shape index (κ2) is 8.47. The van der Waals surface area contributed by atoms with Crippen molar-refractivity contribution in [3.05, 3.63) is 65.7 Å². The SMILES string of the molecule is CC(C)c1ccccc1NC(=O)CN(C(C)c1ccccc1)S(C)(=O)=O. The lowest BCUT2D eigenvalue weighted by molar-refractivity contribution is -0.116. The molecule has 2 rings (SSSR count). The molecule has 0 aliphatic rings. The Morgan fingerprint density at radius 2 is 1.58 bits per heavy atom. The molecule has 0 bridgehead atoms. The van der Waals surface area contributed by atoms with Gasteiger partial charge in [-0.3, -0.25) is 4.79 Å². The van der Waals surface area contributed by atoms with E-state index in [-0.39, 0.29) is 18.4 Å². The Morgan fingerprint density at radius 3 is 2.15 bits per heavy atom. The minimum Gasteiger partial charge on any atom is -0.325 e. The van der Waals surface area contributed by atoms with Gasteiger partial charge < -0.3 is 5.32 Å². The molecular weight excluding hydrogens is 348 g/mol. The number of hydrogen-bond acceptors (Lipinski definition) is 3. The zero-order chi connectivity index (χ0) is 19.3. The van der Waals surface area contributed by atoms with Crippen LogP contribution in [0.1, 0.15) is 43.9 Å². The third kappa shape index (κ3) is 5.16. The molecule has 0 spiro atoms. The highest BCUT2D eigenvalue weighted by Gasteiger charge is 2.27. The summed E-state index contributed by atoms with van der Waals surface area (Å²) in [6.45, 7) is 5.64. The van der Waals surface area contributed by atoms with Crippen LogP contribution in [-0.4, -0.2) is 31.4 Å². The van der Waals surface area contributed by atoms with Crippen molar-refractivity contribution in [3.8, 4) is 0 Å². The first kappa shape index (κ1) is 20.1. The van der Waals surface area contributed by atoms with Gasteiger partial charge >= 0.3 is 0 Å². The Morgan fingerprint density at radius 1 is 1.00 bits per heavy atom. The molecule has 1 amide bonds. The normalized spacial score (nSPS) is 13.0. The molecule has 0 aliphatic heterocycles. The summed E-state index contributed by atoms with van der Waals surface area (Å²) in [6, 6.07) is 16.4. The van der Waals surface area contributed by atoms with Gasteiger partial charge in [0.05, 0.1) is 12.8 Å². The molecule has 1 unspecified atom stereocenters. The number of sulfonamides is 1. The number of amides is 1. The number of nitrogens with one attached hydrogen (secondary N) is 1. The van der Waals surface area contributed by atoms with E-state index in [2.05, 4.69) is 5.32 Å². The highest BCUT2D eigenvalue weighted by Crippen LogP contribution is 2.25. The van der Waals surface area contributed by atoms with Gasteiger partial charge in [0, 0.05) is 11.7 Å². The van der Waals surface area contributed by atoms with Crippen molar-refractivity contribution in [2.45, 2.75) is 32.7 Å². The van der Waals surface area contributed by atoms with Crippen LogP contribution < -0.4 is 5.32 Å². The van der Waals surface area contributed by atoms with Crippen molar-refractivity contribution in [3.63, 3.8) is 0 Å². The van der Waals surface area contributed by atoms with Gasteiger partial charge in [0.15, 0.2) is 0 Å². The quantitative estimate of drug-likeness (QED) is 0.802. The van der Waals surface area contributed by atoms with Crippen molar-refractivity contribution in [2.75, 3.05) is 18.1 Å². The number of carbonyl (C=O) groups is 1. The molecule has 0 heterocycles. The Hall–Kier alpha value is -2.18. The minimum absolute atomic E-state index is 0.235. The molecule has 2 aromatic rings. The van der Waals surface area contributed by atoms with Crippen LogP contribution in [-0.2, 0) is 14.8 Å². The summed E-state index contributed by atoms with van der Waals surface area (Å²) < 4.78 is 25.7. The fourth-order valence-electron chi connectivity index (χ4n) is 2.88. The second-order valence-electron chi connectivity index (χ2n) is 6.69. The van der Waals surface area contributed by atoms with E-state index in [1.54, 1.807) is 6.92 Å². The predicted octanol–water partition coefficient (Wildman–Crippen LogP) is 3.77. The lowest BCUT2D eigenvalue weighted by Gasteiger charge is -2.27. The fourth-order valence-corrected chi connectivity index (χ4v) is 3.93. The van der Waals surface area contributed by atoms with Crippen LogP contribution in [0.25, 0.3) is 0 Å². The molecule has 0 aliphatic carbocycles. The minimum atomic E-state index is -3.55. The molecule has 140 valence electrons. The monoisotopic (exact) mass is 374 g/mol. The summed E-state index contributed by atoms with van der Waals surface area (Å²) in [5.74, 6) is -0.105. The Balaban J connectivity index is 2.21. The van der Waals surface area contributed by atoms with E-state index >= 15 is 0 Å². The third-order valence-electron chi connectivity index (χ3n) is 4.30. The molecule has 1 atom stereocenters. The van der Waals surface area contributed by atoms with Crippen LogP contribution >= 0.6 is 0 Å². The average Bonchev–Trinajstić information content (AvgIpc) is 2.59. The lowest BCUT2D eigenvalue weighted by atomic mass is 10.0. The van der Waals surface area contributed by atoms with E-state index in [9.17, 15) is 13.2 Å². The Bertz CT molecular complexity index is 848. The summed E-state index contributed by atoms with van der Waals surface area (Å²) >= 11 is 0. The first-order chi connectivity index (χ1) is 12.2. The lowest BCUT2D eigenvalue weighted by Crippen LogP contribution is -2.39. The fraction of sp³-hybridized carbons (Fsp3) is 0.350. The topological polar surface area (TPSA) is 66.5 Å². The van der Waals surface area contributed by atoms with Gasteiger partial charge in [0.1, 0.15) is 0 Å². The van der Waals surface area contributed by atoms with E-state index in [1.165, 1.54) is 4.31 Å². The zero-order valence-electron chi connectivity index (χ0n) is 15.6. The number of nitrogens with zero attached hydrogens (tertiary/aromatic N) is 1. The molecule has 26 heavy (non-hydrogen) atoms.